The summed E-state index contributed by atoms with van der Waals surface area (Å²) in [4.78, 5) is 0. The summed E-state index contributed by atoms with van der Waals surface area (Å²) >= 11 is 0. The molecule has 0 aliphatic heterocycles. The van der Waals surface area contributed by atoms with Crippen LogP contribution in [0.2, 0.25) is 0 Å². The van der Waals surface area contributed by atoms with Crippen LogP contribution in [0.4, 0.5) is 11.4 Å². The second-order valence-corrected chi connectivity index (χ2v) is 7.25. The Hall–Kier alpha value is -1.38. The molecule has 0 bridgehead atoms. The maximum atomic E-state index is 5.99. The number of aryl methyl sites for hydroxylation is 1. The molecule has 4 N–H and O–H groups in total. The molecule has 0 fully saturated rings. The van der Waals surface area contributed by atoms with Crippen LogP contribution in [0.25, 0.3) is 0 Å². The van der Waals surface area contributed by atoms with Crippen molar-refractivity contribution in [2.24, 2.45) is 0 Å². The van der Waals surface area contributed by atoms with Gasteiger partial charge in [0.05, 0.1) is 18.5 Å². The molecule has 144 valence electrons. The predicted molar refractivity (Wildman–Crippen MR) is 111 cm³/mol. The number of benzene rings is 1. The van der Waals surface area contributed by atoms with Gasteiger partial charge in [-0.2, -0.15) is 0 Å². The van der Waals surface area contributed by atoms with Gasteiger partial charge in [-0.25, -0.2) is 0 Å². The fourth-order valence-corrected chi connectivity index (χ4v) is 3.43. The molecule has 0 heterocycles. The van der Waals surface area contributed by atoms with Crippen LogP contribution in [0.3, 0.4) is 0 Å². The quantitative estimate of drug-likeness (QED) is 0.281. The van der Waals surface area contributed by atoms with Gasteiger partial charge >= 0.3 is 0 Å². The van der Waals surface area contributed by atoms with Gasteiger partial charge in [-0.3, -0.25) is 0 Å². The minimum absolute atomic E-state index is 0.578. The molecule has 0 amide bonds. The number of hydrogen-bond donors (Lipinski definition) is 2. The molecule has 0 saturated carbocycles. The molecule has 0 aliphatic carbocycles. The molecule has 0 aliphatic rings. The van der Waals surface area contributed by atoms with Crippen molar-refractivity contribution in [3.63, 3.8) is 0 Å². The van der Waals surface area contributed by atoms with Crippen molar-refractivity contribution in [1.29, 1.82) is 0 Å². The van der Waals surface area contributed by atoms with Gasteiger partial charge in [0.1, 0.15) is 5.75 Å². The summed E-state index contributed by atoms with van der Waals surface area (Å²) in [7, 11) is 1.67. The lowest BCUT2D eigenvalue weighted by molar-refractivity contribution is 0.411. The summed E-state index contributed by atoms with van der Waals surface area (Å²) in [6, 6.07) is 3.93. The molecule has 3 heteroatoms. The monoisotopic (exact) mass is 348 g/mol. The van der Waals surface area contributed by atoms with Gasteiger partial charge in [0.15, 0.2) is 0 Å². The molecule has 0 aromatic heterocycles. The maximum Gasteiger partial charge on any atom is 0.147 e. The molecule has 0 saturated heterocycles. The van der Waals surface area contributed by atoms with E-state index >= 15 is 0 Å². The van der Waals surface area contributed by atoms with Gasteiger partial charge in [-0.1, -0.05) is 90.0 Å². The van der Waals surface area contributed by atoms with E-state index in [0.29, 0.717) is 11.4 Å². The first kappa shape index (κ1) is 21.7. The van der Waals surface area contributed by atoms with Crippen molar-refractivity contribution in [2.75, 3.05) is 18.6 Å². The standard InChI is InChI=1S/C22H40N2O/c1-3-4-5-6-7-8-9-10-11-12-13-14-15-16-19-17-18-20(23)21(24)22(19)25-2/h17-18H,3-16,23-24H2,1-2H3. The summed E-state index contributed by atoms with van der Waals surface area (Å²) in [6.07, 6.45) is 18.9. The van der Waals surface area contributed by atoms with Crippen LogP contribution in [0.15, 0.2) is 12.1 Å². The first-order valence-electron chi connectivity index (χ1n) is 10.4. The first-order chi connectivity index (χ1) is 12.2. The van der Waals surface area contributed by atoms with Crippen molar-refractivity contribution in [2.45, 2.75) is 96.8 Å². The predicted octanol–water partition coefficient (Wildman–Crippen LogP) is 6.49. The molecular weight excluding hydrogens is 308 g/mol. The summed E-state index contributed by atoms with van der Waals surface area (Å²) in [5.41, 5.74) is 14.2. The number of anilines is 2. The third kappa shape index (κ3) is 9.04. The van der Waals surface area contributed by atoms with E-state index in [1.165, 1.54) is 89.0 Å². The third-order valence-corrected chi connectivity index (χ3v) is 5.07. The van der Waals surface area contributed by atoms with E-state index < -0.39 is 0 Å². The van der Waals surface area contributed by atoms with Gasteiger partial charge in [0.2, 0.25) is 0 Å². The highest BCUT2D eigenvalue weighted by Gasteiger charge is 2.09. The number of methoxy groups -OCH3 is 1. The molecule has 0 unspecified atom stereocenters. The van der Waals surface area contributed by atoms with Gasteiger partial charge in [-0.15, -0.1) is 0 Å². The third-order valence-electron chi connectivity index (χ3n) is 5.07. The first-order valence-corrected chi connectivity index (χ1v) is 10.4. The van der Waals surface area contributed by atoms with Crippen molar-refractivity contribution < 1.29 is 4.74 Å². The van der Waals surface area contributed by atoms with Crippen LogP contribution < -0.4 is 16.2 Å². The Morgan fingerprint density at radius 2 is 1.20 bits per heavy atom. The molecular formula is C22H40N2O. The molecule has 0 atom stereocenters. The molecule has 1 aromatic rings. The van der Waals surface area contributed by atoms with Crippen LogP contribution >= 0.6 is 0 Å². The maximum absolute atomic E-state index is 5.99. The number of nitrogen functional groups attached to an aromatic ring is 2. The van der Waals surface area contributed by atoms with Crippen molar-refractivity contribution in [1.82, 2.24) is 0 Å². The second kappa shape index (κ2) is 13.9. The largest absolute Gasteiger partial charge is 0.494 e. The minimum atomic E-state index is 0.578. The van der Waals surface area contributed by atoms with E-state index in [2.05, 4.69) is 6.92 Å². The van der Waals surface area contributed by atoms with Gasteiger partial charge in [0.25, 0.3) is 0 Å². The van der Waals surface area contributed by atoms with E-state index in [1.807, 2.05) is 12.1 Å². The summed E-state index contributed by atoms with van der Waals surface area (Å²) in [5, 5.41) is 0. The average Bonchev–Trinajstić information content (AvgIpc) is 2.62. The molecule has 3 nitrogen and oxygen atoms in total. The molecule has 25 heavy (non-hydrogen) atoms. The van der Waals surface area contributed by atoms with Crippen molar-refractivity contribution >= 4 is 11.4 Å². The highest BCUT2D eigenvalue weighted by molar-refractivity contribution is 5.72. The Morgan fingerprint density at radius 1 is 0.720 bits per heavy atom. The Bertz CT molecular complexity index is 460. The zero-order chi connectivity index (χ0) is 18.3. The molecule has 1 rings (SSSR count). The molecule has 0 radical (unpaired) electrons. The average molecular weight is 349 g/mol. The van der Waals surface area contributed by atoms with Crippen LogP contribution in [0.5, 0.6) is 5.75 Å². The van der Waals surface area contributed by atoms with Crippen LogP contribution in [0, 0.1) is 0 Å². The van der Waals surface area contributed by atoms with Crippen molar-refractivity contribution in [3.05, 3.63) is 17.7 Å². The van der Waals surface area contributed by atoms with Gasteiger partial charge in [0, 0.05) is 0 Å². The van der Waals surface area contributed by atoms with Gasteiger partial charge in [-0.05, 0) is 24.5 Å². The number of hydrogen-bond acceptors (Lipinski definition) is 3. The summed E-state index contributed by atoms with van der Waals surface area (Å²) in [5.74, 6) is 0.763. The minimum Gasteiger partial charge on any atom is -0.494 e. The fraction of sp³-hybridized carbons (Fsp3) is 0.727. The topological polar surface area (TPSA) is 61.3 Å². The number of nitrogens with two attached hydrogens (primary N) is 2. The van der Waals surface area contributed by atoms with Crippen molar-refractivity contribution in [3.8, 4) is 5.75 Å². The smallest absolute Gasteiger partial charge is 0.147 e. The Balaban J connectivity index is 2.00. The number of ether oxygens (including phenoxy) is 1. The highest BCUT2D eigenvalue weighted by Crippen LogP contribution is 2.32. The van der Waals surface area contributed by atoms with E-state index in [-0.39, 0.29) is 0 Å². The Kier molecular flexibility index (Phi) is 12.0. The Morgan fingerprint density at radius 3 is 1.68 bits per heavy atom. The highest BCUT2D eigenvalue weighted by atomic mass is 16.5. The lowest BCUT2D eigenvalue weighted by Gasteiger charge is -2.12. The van der Waals surface area contributed by atoms with Crippen LogP contribution in [-0.4, -0.2) is 7.11 Å². The number of rotatable bonds is 15. The van der Waals surface area contributed by atoms with Crippen LogP contribution in [-0.2, 0) is 6.42 Å². The SMILES string of the molecule is CCCCCCCCCCCCCCCc1ccc(N)c(N)c1OC. The van der Waals surface area contributed by atoms with E-state index in [1.54, 1.807) is 7.11 Å². The zero-order valence-corrected chi connectivity index (χ0v) is 16.6. The summed E-state index contributed by atoms with van der Waals surface area (Å²) in [6.45, 7) is 2.28. The lowest BCUT2D eigenvalue weighted by Crippen LogP contribution is -2.01. The van der Waals surface area contributed by atoms with E-state index in [9.17, 15) is 0 Å². The second-order valence-electron chi connectivity index (χ2n) is 7.25. The van der Waals surface area contributed by atoms with Crippen LogP contribution in [0.1, 0.15) is 96.0 Å². The molecule has 0 spiro atoms. The zero-order valence-electron chi connectivity index (χ0n) is 16.6. The molecule has 1 aromatic carbocycles. The Labute approximate surface area is 155 Å². The van der Waals surface area contributed by atoms with E-state index in [0.717, 1.165) is 12.2 Å². The van der Waals surface area contributed by atoms with E-state index in [4.69, 9.17) is 16.2 Å². The normalized spacial score (nSPS) is 11.0. The van der Waals surface area contributed by atoms with Gasteiger partial charge < -0.3 is 16.2 Å². The lowest BCUT2D eigenvalue weighted by atomic mass is 10.0. The number of unbranched alkanes of at least 4 members (excludes halogenated alkanes) is 12. The fourth-order valence-electron chi connectivity index (χ4n) is 3.43. The summed E-state index contributed by atoms with van der Waals surface area (Å²) < 4.78 is 5.42.